The highest BCUT2D eigenvalue weighted by molar-refractivity contribution is 7.73. The summed E-state index contributed by atoms with van der Waals surface area (Å²) < 4.78 is 33.4. The van der Waals surface area contributed by atoms with E-state index in [2.05, 4.69) is 22.6 Å². The number of esters is 2. The van der Waals surface area contributed by atoms with Crippen molar-refractivity contribution in [1.82, 2.24) is 0 Å². The molecule has 1 atom stereocenters. The standard InChI is InChI=1S/C10H14O4.H2O3S/c1-3-7-13-9(11)5-6-10(12)14-8-4-2;1-4(2)3/h3-4H,1-2,5-8H2;(H2,1,2,3)/p-1. The van der Waals surface area contributed by atoms with Crippen LogP contribution in [-0.4, -0.2) is 38.5 Å². The van der Waals surface area contributed by atoms with Gasteiger partial charge in [0.1, 0.15) is 13.2 Å². The fourth-order valence-electron chi connectivity index (χ4n) is 0.652. The van der Waals surface area contributed by atoms with Gasteiger partial charge in [0.15, 0.2) is 0 Å². The molecular formula is C10H15O7S-. The molecule has 0 spiro atoms. The summed E-state index contributed by atoms with van der Waals surface area (Å²) in [5, 5.41) is 0. The average molecular weight is 279 g/mol. The number of ether oxygens (including phenoxy) is 2. The molecule has 18 heavy (non-hydrogen) atoms. The van der Waals surface area contributed by atoms with Crippen molar-refractivity contribution in [2.75, 3.05) is 13.2 Å². The maximum absolute atomic E-state index is 10.9. The van der Waals surface area contributed by atoms with E-state index >= 15 is 0 Å². The van der Waals surface area contributed by atoms with E-state index in [9.17, 15) is 9.59 Å². The van der Waals surface area contributed by atoms with Gasteiger partial charge in [0.05, 0.1) is 24.2 Å². The first-order chi connectivity index (χ1) is 8.43. The molecule has 0 saturated carbocycles. The predicted molar refractivity (Wildman–Crippen MR) is 63.1 cm³/mol. The molecule has 0 fully saturated rings. The van der Waals surface area contributed by atoms with Crippen molar-refractivity contribution in [2.45, 2.75) is 12.8 Å². The van der Waals surface area contributed by atoms with Crippen molar-refractivity contribution >= 4 is 23.3 Å². The lowest BCUT2D eigenvalue weighted by Gasteiger charge is -2.02. The van der Waals surface area contributed by atoms with E-state index in [0.29, 0.717) is 0 Å². The molecule has 8 heteroatoms. The smallest absolute Gasteiger partial charge is 0.306 e. The quantitative estimate of drug-likeness (QED) is 0.411. The van der Waals surface area contributed by atoms with Crippen LogP contribution in [0, 0.1) is 0 Å². The van der Waals surface area contributed by atoms with Crippen molar-refractivity contribution in [3.8, 4) is 0 Å². The van der Waals surface area contributed by atoms with E-state index in [1.54, 1.807) is 0 Å². The summed E-state index contributed by atoms with van der Waals surface area (Å²) in [7, 11) is 0. The van der Waals surface area contributed by atoms with Crippen molar-refractivity contribution < 1.29 is 32.4 Å². The second-order valence-electron chi connectivity index (χ2n) is 2.66. The molecule has 7 nitrogen and oxygen atoms in total. The molecule has 0 saturated heterocycles. The van der Waals surface area contributed by atoms with Crippen LogP contribution >= 0.6 is 0 Å². The zero-order valence-corrected chi connectivity index (χ0v) is 10.5. The molecule has 0 aliphatic carbocycles. The Morgan fingerprint density at radius 1 is 1.11 bits per heavy atom. The van der Waals surface area contributed by atoms with Crippen LogP contribution in [-0.2, 0) is 30.4 Å². The summed E-state index contributed by atoms with van der Waals surface area (Å²) in [6.07, 6.45) is 3.00. The fourth-order valence-corrected chi connectivity index (χ4v) is 0.652. The SMILES string of the molecule is C=CCOC(=O)CCC(=O)OCC=C.O=S([O-])O. The van der Waals surface area contributed by atoms with Crippen LogP contribution in [0.25, 0.3) is 0 Å². The summed E-state index contributed by atoms with van der Waals surface area (Å²) in [6, 6.07) is 0. The van der Waals surface area contributed by atoms with Gasteiger partial charge in [-0.3, -0.25) is 9.59 Å². The third-order valence-corrected chi connectivity index (χ3v) is 1.26. The fraction of sp³-hybridized carbons (Fsp3) is 0.400. The Hall–Kier alpha value is -1.51. The number of carbonyl (C=O) groups is 2. The third kappa shape index (κ3) is 20.0. The van der Waals surface area contributed by atoms with Gasteiger partial charge in [0.25, 0.3) is 0 Å². The largest absolute Gasteiger partial charge is 0.750 e. The Morgan fingerprint density at radius 2 is 1.39 bits per heavy atom. The highest BCUT2D eigenvalue weighted by Gasteiger charge is 2.07. The van der Waals surface area contributed by atoms with Crippen LogP contribution < -0.4 is 0 Å². The first-order valence-electron chi connectivity index (χ1n) is 4.75. The maximum Gasteiger partial charge on any atom is 0.306 e. The summed E-state index contributed by atoms with van der Waals surface area (Å²) in [4.78, 5) is 21.8. The topological polar surface area (TPSA) is 113 Å². The van der Waals surface area contributed by atoms with Crippen LogP contribution in [0.3, 0.4) is 0 Å². The van der Waals surface area contributed by atoms with Crippen LogP contribution in [0.1, 0.15) is 12.8 Å². The van der Waals surface area contributed by atoms with Crippen molar-refractivity contribution in [3.05, 3.63) is 25.3 Å². The van der Waals surface area contributed by atoms with Crippen LogP contribution in [0.2, 0.25) is 0 Å². The van der Waals surface area contributed by atoms with E-state index in [1.165, 1.54) is 12.2 Å². The van der Waals surface area contributed by atoms with Gasteiger partial charge in [-0.1, -0.05) is 25.3 Å². The van der Waals surface area contributed by atoms with Crippen molar-refractivity contribution in [2.24, 2.45) is 0 Å². The van der Waals surface area contributed by atoms with Crippen molar-refractivity contribution in [3.63, 3.8) is 0 Å². The minimum absolute atomic E-state index is 0.0316. The molecule has 0 amide bonds. The second-order valence-corrected chi connectivity index (χ2v) is 3.09. The van der Waals surface area contributed by atoms with Gasteiger partial charge in [0, 0.05) is 0 Å². The Kier molecular flexibility index (Phi) is 14.2. The van der Waals surface area contributed by atoms with E-state index < -0.39 is 23.3 Å². The molecular weight excluding hydrogens is 264 g/mol. The molecule has 0 aliphatic rings. The Bertz CT molecular complexity index is 273. The molecule has 0 aliphatic heterocycles. The minimum Gasteiger partial charge on any atom is -0.750 e. The average Bonchev–Trinajstić information content (AvgIpc) is 2.30. The van der Waals surface area contributed by atoms with Gasteiger partial charge in [-0.05, 0) is 0 Å². The van der Waals surface area contributed by atoms with Gasteiger partial charge < -0.3 is 18.6 Å². The monoisotopic (exact) mass is 279 g/mol. The highest BCUT2D eigenvalue weighted by atomic mass is 32.2. The normalized spacial score (nSPS) is 10.3. The lowest BCUT2D eigenvalue weighted by molar-refractivity contribution is -0.149. The zero-order chi connectivity index (χ0) is 14.4. The summed E-state index contributed by atoms with van der Waals surface area (Å²) in [5.74, 6) is -0.860. The van der Waals surface area contributed by atoms with E-state index in [0.717, 1.165) is 0 Å². The Balaban J connectivity index is 0. The second kappa shape index (κ2) is 13.6. The van der Waals surface area contributed by atoms with Crippen molar-refractivity contribution in [1.29, 1.82) is 0 Å². The molecule has 0 aromatic rings. The molecule has 0 aromatic heterocycles. The molecule has 0 radical (unpaired) electrons. The molecule has 104 valence electrons. The molecule has 1 unspecified atom stereocenters. The Labute approximate surface area is 108 Å². The van der Waals surface area contributed by atoms with Gasteiger partial charge in [-0.2, -0.15) is 0 Å². The molecule has 0 bridgehead atoms. The van der Waals surface area contributed by atoms with Gasteiger partial charge in [0.2, 0.25) is 0 Å². The summed E-state index contributed by atoms with van der Waals surface area (Å²) >= 11 is -2.86. The van der Waals surface area contributed by atoms with Crippen LogP contribution in [0.5, 0.6) is 0 Å². The van der Waals surface area contributed by atoms with Crippen LogP contribution in [0.15, 0.2) is 25.3 Å². The summed E-state index contributed by atoms with van der Waals surface area (Å²) in [5.41, 5.74) is 0. The van der Waals surface area contributed by atoms with E-state index in [1.807, 2.05) is 0 Å². The van der Waals surface area contributed by atoms with Gasteiger partial charge in [-0.25, -0.2) is 4.21 Å². The minimum atomic E-state index is -2.86. The lowest BCUT2D eigenvalue weighted by Crippen LogP contribution is -2.10. The molecule has 1 N–H and O–H groups in total. The first kappa shape index (κ1) is 18.8. The Morgan fingerprint density at radius 3 is 1.61 bits per heavy atom. The number of rotatable bonds is 7. The number of hydrogen-bond donors (Lipinski definition) is 1. The molecule has 0 aromatic carbocycles. The lowest BCUT2D eigenvalue weighted by atomic mass is 10.3. The molecule has 0 heterocycles. The summed E-state index contributed by atoms with van der Waals surface area (Å²) in [6.45, 7) is 7.11. The number of carbonyl (C=O) groups excluding carboxylic acids is 2. The van der Waals surface area contributed by atoms with E-state index in [4.69, 9.17) is 13.3 Å². The van der Waals surface area contributed by atoms with Gasteiger partial charge >= 0.3 is 11.9 Å². The third-order valence-electron chi connectivity index (χ3n) is 1.26. The van der Waals surface area contributed by atoms with E-state index in [-0.39, 0.29) is 26.1 Å². The first-order valence-corrected chi connectivity index (χ1v) is 5.78. The van der Waals surface area contributed by atoms with Gasteiger partial charge in [-0.15, -0.1) is 0 Å². The van der Waals surface area contributed by atoms with Crippen LogP contribution in [0.4, 0.5) is 0 Å². The highest BCUT2D eigenvalue weighted by Crippen LogP contribution is 1.95. The number of hydrogen-bond acceptors (Lipinski definition) is 6. The maximum atomic E-state index is 10.9. The predicted octanol–water partition coefficient (Wildman–Crippen LogP) is 0.564. The molecule has 0 rings (SSSR count). The zero-order valence-electron chi connectivity index (χ0n) is 9.70.